The molecule has 2 rings (SSSR count). The van der Waals surface area contributed by atoms with Crippen LogP contribution in [0.15, 0.2) is 30.3 Å². The first kappa shape index (κ1) is 14.5. The largest absolute Gasteiger partial charge is 0.418 e. The van der Waals surface area contributed by atoms with Crippen molar-refractivity contribution in [3.8, 4) is 0 Å². The third kappa shape index (κ3) is 3.55. The van der Waals surface area contributed by atoms with Gasteiger partial charge in [-0.3, -0.25) is 0 Å². The number of hydrogen-bond acceptors (Lipinski definition) is 2. The molecule has 0 aliphatic rings. The lowest BCUT2D eigenvalue weighted by atomic mass is 10.1. The molecule has 0 fully saturated rings. The van der Waals surface area contributed by atoms with E-state index in [0.29, 0.717) is 4.34 Å². The molecular weight excluding hydrogens is 318 g/mol. The molecule has 1 heterocycles. The molecule has 19 heavy (non-hydrogen) atoms. The number of para-hydroxylation sites is 1. The molecule has 0 aliphatic carbocycles. The highest BCUT2D eigenvalue weighted by Crippen LogP contribution is 2.38. The van der Waals surface area contributed by atoms with Crippen LogP contribution in [0, 0.1) is 0 Å². The minimum atomic E-state index is -4.44. The maximum Gasteiger partial charge on any atom is 0.418 e. The normalized spacial score (nSPS) is 11.6. The molecule has 2 aromatic rings. The van der Waals surface area contributed by atoms with Gasteiger partial charge in [0, 0.05) is 11.4 Å². The highest BCUT2D eigenvalue weighted by Gasteiger charge is 2.34. The Kier molecular flexibility index (Phi) is 4.28. The number of hydrogen-bond donors (Lipinski definition) is 1. The molecule has 0 spiro atoms. The zero-order chi connectivity index (χ0) is 14.0. The van der Waals surface area contributed by atoms with Crippen LogP contribution in [0.3, 0.4) is 0 Å². The zero-order valence-corrected chi connectivity index (χ0v) is 11.7. The Bertz CT molecular complexity index is 581. The number of thiophene rings is 1. The summed E-state index contributed by atoms with van der Waals surface area (Å²) in [5.41, 5.74) is -0.885. The Morgan fingerprint density at radius 3 is 2.42 bits per heavy atom. The lowest BCUT2D eigenvalue weighted by molar-refractivity contribution is -0.136. The van der Waals surface area contributed by atoms with Crippen molar-refractivity contribution in [3.63, 3.8) is 0 Å². The van der Waals surface area contributed by atoms with E-state index in [1.54, 1.807) is 12.1 Å². The van der Waals surface area contributed by atoms with E-state index in [-0.39, 0.29) is 17.3 Å². The molecule has 0 saturated carbocycles. The van der Waals surface area contributed by atoms with Crippen molar-refractivity contribution in [1.82, 2.24) is 0 Å². The Labute approximate surface area is 122 Å². The summed E-state index contributed by atoms with van der Waals surface area (Å²) in [5.74, 6) is 0. The molecule has 0 bridgehead atoms. The smallest absolute Gasteiger partial charge is 0.378 e. The SMILES string of the molecule is FC(F)(F)c1cccc(Cl)c1NCc1ccc(Cl)s1. The van der Waals surface area contributed by atoms with E-state index < -0.39 is 11.7 Å². The highest BCUT2D eigenvalue weighted by molar-refractivity contribution is 7.16. The van der Waals surface area contributed by atoms with E-state index in [4.69, 9.17) is 23.2 Å². The topological polar surface area (TPSA) is 12.0 Å². The Morgan fingerprint density at radius 2 is 1.84 bits per heavy atom. The summed E-state index contributed by atoms with van der Waals surface area (Å²) in [4.78, 5) is 0.832. The first-order valence-corrected chi connectivity index (χ1v) is 6.79. The number of nitrogens with one attached hydrogen (secondary N) is 1. The second kappa shape index (κ2) is 5.61. The summed E-state index contributed by atoms with van der Waals surface area (Å²) in [6, 6.07) is 7.14. The molecule has 0 unspecified atom stereocenters. The number of rotatable bonds is 3. The van der Waals surface area contributed by atoms with Gasteiger partial charge >= 0.3 is 6.18 Å². The molecule has 0 aliphatic heterocycles. The molecule has 1 aromatic carbocycles. The maximum atomic E-state index is 12.8. The van der Waals surface area contributed by atoms with Crippen LogP contribution in [0.2, 0.25) is 9.36 Å². The zero-order valence-electron chi connectivity index (χ0n) is 9.39. The average molecular weight is 326 g/mol. The monoisotopic (exact) mass is 325 g/mol. The predicted molar refractivity (Wildman–Crippen MR) is 73.1 cm³/mol. The van der Waals surface area contributed by atoms with Crippen LogP contribution in [-0.2, 0) is 12.7 Å². The molecule has 102 valence electrons. The van der Waals surface area contributed by atoms with Gasteiger partial charge in [-0.25, -0.2) is 0 Å². The lowest BCUT2D eigenvalue weighted by Gasteiger charge is -2.15. The van der Waals surface area contributed by atoms with E-state index in [1.165, 1.54) is 23.5 Å². The van der Waals surface area contributed by atoms with Gasteiger partial charge in [-0.2, -0.15) is 13.2 Å². The molecule has 0 radical (unpaired) electrons. The van der Waals surface area contributed by atoms with E-state index in [2.05, 4.69) is 5.32 Å². The van der Waals surface area contributed by atoms with Gasteiger partial charge in [0.2, 0.25) is 0 Å². The van der Waals surface area contributed by atoms with Gasteiger partial charge in [-0.05, 0) is 24.3 Å². The fraction of sp³-hybridized carbons (Fsp3) is 0.167. The van der Waals surface area contributed by atoms with Gasteiger partial charge < -0.3 is 5.32 Å². The van der Waals surface area contributed by atoms with Crippen LogP contribution in [0.5, 0.6) is 0 Å². The van der Waals surface area contributed by atoms with Crippen molar-refractivity contribution >= 4 is 40.2 Å². The molecule has 1 nitrogen and oxygen atoms in total. The summed E-state index contributed by atoms with van der Waals surface area (Å²) < 4.78 is 39.1. The highest BCUT2D eigenvalue weighted by atomic mass is 35.5. The minimum absolute atomic E-state index is 0.0393. The van der Waals surface area contributed by atoms with Crippen molar-refractivity contribution in [2.45, 2.75) is 12.7 Å². The standard InChI is InChI=1S/C12H8Cl2F3NS/c13-9-3-1-2-8(12(15,16)17)11(9)18-6-7-4-5-10(14)19-7/h1-5,18H,6H2. The minimum Gasteiger partial charge on any atom is -0.378 e. The van der Waals surface area contributed by atoms with Crippen molar-refractivity contribution in [1.29, 1.82) is 0 Å². The quantitative estimate of drug-likeness (QED) is 0.764. The second-order valence-corrected chi connectivity index (χ2v) is 5.93. The van der Waals surface area contributed by atoms with Crippen molar-refractivity contribution < 1.29 is 13.2 Å². The van der Waals surface area contributed by atoms with Crippen molar-refractivity contribution in [2.75, 3.05) is 5.32 Å². The fourth-order valence-electron chi connectivity index (χ4n) is 1.56. The summed E-state index contributed by atoms with van der Waals surface area (Å²) in [5, 5.41) is 2.76. The molecule has 1 N–H and O–H groups in total. The van der Waals surface area contributed by atoms with E-state index in [9.17, 15) is 13.2 Å². The fourth-order valence-corrected chi connectivity index (χ4v) is 2.83. The van der Waals surface area contributed by atoms with Crippen LogP contribution in [-0.4, -0.2) is 0 Å². The van der Waals surface area contributed by atoms with Crippen molar-refractivity contribution in [3.05, 3.63) is 50.1 Å². The van der Waals surface area contributed by atoms with Crippen LogP contribution in [0.25, 0.3) is 0 Å². The van der Waals surface area contributed by atoms with Crippen LogP contribution >= 0.6 is 34.5 Å². The molecule has 7 heteroatoms. The summed E-state index contributed by atoms with van der Waals surface area (Å²) in [6.07, 6.45) is -4.44. The van der Waals surface area contributed by atoms with E-state index in [1.807, 2.05) is 0 Å². The second-order valence-electron chi connectivity index (χ2n) is 3.72. The van der Waals surface area contributed by atoms with Crippen LogP contribution < -0.4 is 5.32 Å². The number of halogens is 5. The van der Waals surface area contributed by atoms with Gasteiger partial charge in [-0.15, -0.1) is 11.3 Å². The van der Waals surface area contributed by atoms with Crippen molar-refractivity contribution in [2.24, 2.45) is 0 Å². The molecule has 0 atom stereocenters. The number of alkyl halides is 3. The lowest BCUT2D eigenvalue weighted by Crippen LogP contribution is -2.10. The van der Waals surface area contributed by atoms with E-state index in [0.717, 1.165) is 10.9 Å². The molecule has 0 saturated heterocycles. The molecule has 0 amide bonds. The Hall–Kier alpha value is -0.910. The Balaban J connectivity index is 2.24. The van der Waals surface area contributed by atoms with Gasteiger partial charge in [0.1, 0.15) is 0 Å². The Morgan fingerprint density at radius 1 is 1.11 bits per heavy atom. The van der Waals surface area contributed by atoms with Gasteiger partial charge in [0.15, 0.2) is 0 Å². The van der Waals surface area contributed by atoms with Gasteiger partial charge in [0.05, 0.1) is 20.6 Å². The summed E-state index contributed by atoms with van der Waals surface area (Å²) in [7, 11) is 0. The van der Waals surface area contributed by atoms with Crippen LogP contribution in [0.4, 0.5) is 18.9 Å². The third-order valence-corrected chi connectivity index (χ3v) is 3.93. The number of anilines is 1. The first-order valence-electron chi connectivity index (χ1n) is 5.21. The first-order chi connectivity index (χ1) is 8.88. The van der Waals surface area contributed by atoms with Crippen LogP contribution in [0.1, 0.15) is 10.4 Å². The average Bonchev–Trinajstić information content (AvgIpc) is 2.72. The molecular formula is C12H8Cl2F3NS. The van der Waals surface area contributed by atoms with Gasteiger partial charge in [-0.1, -0.05) is 29.3 Å². The summed E-state index contributed by atoms with van der Waals surface area (Å²) >= 11 is 12.9. The van der Waals surface area contributed by atoms with E-state index >= 15 is 0 Å². The van der Waals surface area contributed by atoms with Gasteiger partial charge in [0.25, 0.3) is 0 Å². The molecule has 1 aromatic heterocycles. The third-order valence-electron chi connectivity index (χ3n) is 2.39. The predicted octanol–water partition coefficient (Wildman–Crippen LogP) is 5.69. The summed E-state index contributed by atoms with van der Waals surface area (Å²) in [6.45, 7) is 0.240. The number of benzene rings is 1. The maximum absolute atomic E-state index is 12.8.